The molecule has 0 aliphatic carbocycles. The Hall–Kier alpha value is -1.23. The lowest BCUT2D eigenvalue weighted by Crippen LogP contribution is -1.98. The number of nitrogens with zero attached hydrogens (tertiary/aromatic N) is 1. The molecule has 3 nitrogen and oxygen atoms in total. The molecule has 0 spiro atoms. The molecule has 1 heterocycles. The van der Waals surface area contributed by atoms with E-state index in [2.05, 4.69) is 48.8 Å². The van der Waals surface area contributed by atoms with Gasteiger partial charge in [-0.25, -0.2) is 10.9 Å². The molecule has 0 saturated heterocycles. The van der Waals surface area contributed by atoms with Crippen molar-refractivity contribution < 1.29 is 4.84 Å². The SMILES string of the molecule is Cc1ccc(C)c(-c2nc(CON)sc2C)c1. The highest BCUT2D eigenvalue weighted by Crippen LogP contribution is 2.30. The molecular formula is C13H16N2OS. The van der Waals surface area contributed by atoms with E-state index in [1.54, 1.807) is 11.3 Å². The van der Waals surface area contributed by atoms with Crippen LogP contribution < -0.4 is 5.90 Å². The zero-order valence-electron chi connectivity index (χ0n) is 10.3. The summed E-state index contributed by atoms with van der Waals surface area (Å²) < 4.78 is 0. The van der Waals surface area contributed by atoms with Crippen LogP contribution in [0.5, 0.6) is 0 Å². The predicted octanol–water partition coefficient (Wildman–Crippen LogP) is 3.13. The van der Waals surface area contributed by atoms with Crippen LogP contribution in [0, 0.1) is 20.8 Å². The van der Waals surface area contributed by atoms with Crippen LogP contribution in [-0.2, 0) is 11.4 Å². The Labute approximate surface area is 105 Å². The summed E-state index contributed by atoms with van der Waals surface area (Å²) in [5.41, 5.74) is 4.73. The molecule has 0 aliphatic heterocycles. The fourth-order valence-corrected chi connectivity index (χ4v) is 2.69. The van der Waals surface area contributed by atoms with Crippen LogP contribution >= 0.6 is 11.3 Å². The minimum Gasteiger partial charge on any atom is -0.297 e. The molecule has 0 atom stereocenters. The van der Waals surface area contributed by atoms with Gasteiger partial charge in [0.05, 0.1) is 5.69 Å². The molecule has 0 saturated carbocycles. The maximum absolute atomic E-state index is 5.08. The van der Waals surface area contributed by atoms with E-state index in [0.717, 1.165) is 10.7 Å². The first-order valence-corrected chi connectivity index (χ1v) is 6.29. The van der Waals surface area contributed by atoms with E-state index in [1.807, 2.05) is 0 Å². The molecule has 0 fully saturated rings. The van der Waals surface area contributed by atoms with Crippen LogP contribution in [0.2, 0.25) is 0 Å². The van der Waals surface area contributed by atoms with Crippen molar-refractivity contribution >= 4 is 11.3 Å². The molecule has 0 bridgehead atoms. The molecule has 0 radical (unpaired) electrons. The number of aryl methyl sites for hydroxylation is 3. The summed E-state index contributed by atoms with van der Waals surface area (Å²) >= 11 is 1.63. The van der Waals surface area contributed by atoms with Gasteiger partial charge in [-0.15, -0.1) is 11.3 Å². The molecule has 4 heteroatoms. The Morgan fingerprint density at radius 1 is 1.29 bits per heavy atom. The molecule has 0 amide bonds. The van der Waals surface area contributed by atoms with Crippen molar-refractivity contribution in [2.75, 3.05) is 0 Å². The summed E-state index contributed by atoms with van der Waals surface area (Å²) in [6, 6.07) is 6.41. The Morgan fingerprint density at radius 3 is 2.76 bits per heavy atom. The Morgan fingerprint density at radius 2 is 2.06 bits per heavy atom. The first-order chi connectivity index (χ1) is 8.11. The van der Waals surface area contributed by atoms with Gasteiger partial charge in [-0.1, -0.05) is 17.7 Å². The number of benzene rings is 1. The van der Waals surface area contributed by atoms with E-state index in [-0.39, 0.29) is 0 Å². The Kier molecular flexibility index (Phi) is 3.57. The predicted molar refractivity (Wildman–Crippen MR) is 70.7 cm³/mol. The highest BCUT2D eigenvalue weighted by atomic mass is 32.1. The Balaban J connectivity index is 2.48. The highest BCUT2D eigenvalue weighted by Gasteiger charge is 2.11. The van der Waals surface area contributed by atoms with Gasteiger partial charge in [-0.3, -0.25) is 4.84 Å². The van der Waals surface area contributed by atoms with E-state index >= 15 is 0 Å². The lowest BCUT2D eigenvalue weighted by molar-refractivity contribution is 0.124. The van der Waals surface area contributed by atoms with E-state index in [4.69, 9.17) is 5.90 Å². The number of thiazole rings is 1. The fraction of sp³-hybridized carbons (Fsp3) is 0.308. The largest absolute Gasteiger partial charge is 0.297 e. The van der Waals surface area contributed by atoms with E-state index in [9.17, 15) is 0 Å². The molecular weight excluding hydrogens is 232 g/mol. The molecule has 1 aromatic heterocycles. The average Bonchev–Trinajstić information content (AvgIpc) is 2.64. The third-order valence-electron chi connectivity index (χ3n) is 2.70. The minimum absolute atomic E-state index is 0.371. The highest BCUT2D eigenvalue weighted by molar-refractivity contribution is 7.12. The third kappa shape index (κ3) is 2.54. The van der Waals surface area contributed by atoms with Crippen LogP contribution in [0.25, 0.3) is 11.3 Å². The zero-order chi connectivity index (χ0) is 12.4. The number of aromatic nitrogens is 1. The van der Waals surface area contributed by atoms with Crippen LogP contribution in [0.15, 0.2) is 18.2 Å². The number of nitrogens with two attached hydrogens (primary N) is 1. The van der Waals surface area contributed by atoms with Crippen LogP contribution in [0.3, 0.4) is 0 Å². The van der Waals surface area contributed by atoms with Crippen LogP contribution in [0.1, 0.15) is 21.0 Å². The molecule has 2 N–H and O–H groups in total. The van der Waals surface area contributed by atoms with Crippen molar-refractivity contribution in [2.45, 2.75) is 27.4 Å². The summed E-state index contributed by atoms with van der Waals surface area (Å²) in [6.07, 6.45) is 0. The van der Waals surface area contributed by atoms with Gasteiger partial charge >= 0.3 is 0 Å². The maximum atomic E-state index is 5.08. The monoisotopic (exact) mass is 248 g/mol. The Bertz CT molecular complexity index is 534. The van der Waals surface area contributed by atoms with Gasteiger partial charge in [-0.05, 0) is 32.4 Å². The quantitative estimate of drug-likeness (QED) is 0.849. The van der Waals surface area contributed by atoms with E-state index in [1.165, 1.54) is 21.6 Å². The molecule has 90 valence electrons. The first kappa shape index (κ1) is 12.2. The van der Waals surface area contributed by atoms with Gasteiger partial charge in [0, 0.05) is 10.4 Å². The van der Waals surface area contributed by atoms with Gasteiger partial charge in [0.15, 0.2) is 0 Å². The second-order valence-corrected chi connectivity index (χ2v) is 5.43. The molecule has 2 rings (SSSR count). The number of hydrogen-bond acceptors (Lipinski definition) is 4. The van der Waals surface area contributed by atoms with E-state index in [0.29, 0.717) is 6.61 Å². The smallest absolute Gasteiger partial charge is 0.121 e. The second-order valence-electron chi connectivity index (χ2n) is 4.14. The lowest BCUT2D eigenvalue weighted by atomic mass is 10.0. The normalized spacial score (nSPS) is 10.8. The average molecular weight is 248 g/mol. The fourth-order valence-electron chi connectivity index (χ4n) is 1.83. The van der Waals surface area contributed by atoms with Gasteiger partial charge < -0.3 is 0 Å². The number of rotatable bonds is 3. The standard InChI is InChI=1S/C13H16N2OS/c1-8-4-5-9(2)11(6-8)13-10(3)17-12(15-13)7-16-14/h4-6H,7,14H2,1-3H3. The van der Waals surface area contributed by atoms with Crippen LogP contribution in [-0.4, -0.2) is 4.98 Å². The lowest BCUT2D eigenvalue weighted by Gasteiger charge is -2.05. The van der Waals surface area contributed by atoms with Crippen molar-refractivity contribution in [3.8, 4) is 11.3 Å². The van der Waals surface area contributed by atoms with Crippen molar-refractivity contribution in [3.63, 3.8) is 0 Å². The van der Waals surface area contributed by atoms with Gasteiger partial charge in [0.25, 0.3) is 0 Å². The summed E-state index contributed by atoms with van der Waals surface area (Å²) in [5, 5.41) is 0.918. The molecule has 2 aromatic rings. The summed E-state index contributed by atoms with van der Waals surface area (Å²) in [6.45, 7) is 6.65. The number of hydrogen-bond donors (Lipinski definition) is 1. The minimum atomic E-state index is 0.371. The third-order valence-corrected chi connectivity index (χ3v) is 3.64. The second kappa shape index (κ2) is 4.96. The van der Waals surface area contributed by atoms with Crippen molar-refractivity contribution in [1.82, 2.24) is 4.98 Å². The van der Waals surface area contributed by atoms with Crippen molar-refractivity contribution in [3.05, 3.63) is 39.2 Å². The van der Waals surface area contributed by atoms with Crippen molar-refractivity contribution in [2.24, 2.45) is 5.90 Å². The van der Waals surface area contributed by atoms with Gasteiger partial charge in [-0.2, -0.15) is 0 Å². The van der Waals surface area contributed by atoms with Crippen molar-refractivity contribution in [1.29, 1.82) is 0 Å². The maximum Gasteiger partial charge on any atom is 0.121 e. The first-order valence-electron chi connectivity index (χ1n) is 5.47. The summed E-state index contributed by atoms with van der Waals surface area (Å²) in [5.74, 6) is 5.08. The van der Waals surface area contributed by atoms with Gasteiger partial charge in [0.2, 0.25) is 0 Å². The molecule has 0 aliphatic rings. The topological polar surface area (TPSA) is 48.1 Å². The molecule has 0 unspecified atom stereocenters. The summed E-state index contributed by atoms with van der Waals surface area (Å²) in [7, 11) is 0. The van der Waals surface area contributed by atoms with Crippen LogP contribution in [0.4, 0.5) is 0 Å². The molecule has 17 heavy (non-hydrogen) atoms. The van der Waals surface area contributed by atoms with E-state index < -0.39 is 0 Å². The zero-order valence-corrected chi connectivity index (χ0v) is 11.1. The summed E-state index contributed by atoms with van der Waals surface area (Å²) in [4.78, 5) is 10.4. The molecule has 1 aromatic carbocycles. The van der Waals surface area contributed by atoms with Gasteiger partial charge in [0.1, 0.15) is 11.6 Å².